The largest absolute Gasteiger partial charge is 0.508 e. The van der Waals surface area contributed by atoms with Gasteiger partial charge in [0.05, 0.1) is 23.2 Å². The highest BCUT2D eigenvalue weighted by molar-refractivity contribution is 6.01. The first kappa shape index (κ1) is 61.8. The lowest BCUT2D eigenvalue weighted by Gasteiger charge is -2.75. The average molecular weight is 1170 g/mol. The number of nitrogens with one attached hydrogen (secondary N) is 2. The standard InChI is InChI=1S/C74H109N3O8/c1-42(2)17-19-48-32-47-20-18-44(39-78)31-54(47)55(35-61(81)68-72(8,85-68)56-15-12-14-53(56)49-27-45(26-43(3)4)29-51(75)33-49)65-57-21-22-63-71(7)58-16-13-25-73(67(83)64(58)50-28-46(38-76-9)30-52(80)34-50)24-11-10-23-69(5,84)41-77-60(66(71)73)36-74(63,59(48)40-79)70(57,6)37-62(65)82/h13,16,27-30,33-34,42-44,47-48,53-56,58-61,63-64,66,68,76-81,84H,10-12,14-15,17-26,31-32,35-41,75H2,1-9H3. The van der Waals surface area contributed by atoms with Crippen molar-refractivity contribution in [2.45, 2.75) is 232 Å². The maximum atomic E-state index is 16.5. The molecule has 13 rings (SSSR count). The van der Waals surface area contributed by atoms with E-state index in [0.717, 1.165) is 112 Å². The predicted octanol–water partition coefficient (Wildman–Crippen LogP) is 12.3. The van der Waals surface area contributed by atoms with Crippen LogP contribution in [-0.2, 0) is 27.3 Å². The first-order chi connectivity index (χ1) is 40.5. The number of phenolic OH excluding ortho intramolecular Hbond substituents is 1. The number of epoxide rings is 1. The Morgan fingerprint density at radius 1 is 0.871 bits per heavy atom. The van der Waals surface area contributed by atoms with E-state index in [9.17, 15) is 25.5 Å². The summed E-state index contributed by atoms with van der Waals surface area (Å²) in [5, 5.41) is 68.6. The molecule has 2 saturated heterocycles. The average Bonchev–Trinajstić information content (AvgIpc) is 1.63. The molecule has 2 spiro atoms. The molecule has 2 heterocycles. The number of aliphatic hydroxyl groups is 4. The molecule has 0 radical (unpaired) electrons. The Kier molecular flexibility index (Phi) is 16.8. The summed E-state index contributed by atoms with van der Waals surface area (Å²) in [6, 6.07) is 12.3. The van der Waals surface area contributed by atoms with Gasteiger partial charge < -0.3 is 46.6 Å². The number of hydrogen-bond donors (Lipinski definition) is 8. The van der Waals surface area contributed by atoms with Gasteiger partial charge in [-0.15, -0.1) is 0 Å². The Morgan fingerprint density at radius 3 is 2.39 bits per heavy atom. The third-order valence-electron chi connectivity index (χ3n) is 26.4. The quantitative estimate of drug-likeness (QED) is 0.0480. The van der Waals surface area contributed by atoms with Gasteiger partial charge in [-0.05, 0) is 257 Å². The van der Waals surface area contributed by atoms with Crippen LogP contribution < -0.4 is 16.4 Å². The first-order valence-electron chi connectivity index (χ1n) is 34.3. The number of fused-ring (bicyclic) bond motifs is 3. The van der Waals surface area contributed by atoms with Crippen molar-refractivity contribution in [3.05, 3.63) is 82.0 Å². The number of nitrogens with two attached hydrogens (primary N) is 1. The molecule has 9 N–H and O–H groups in total. The highest BCUT2D eigenvalue weighted by atomic mass is 16.6. The summed E-state index contributed by atoms with van der Waals surface area (Å²) in [6.45, 7) is 19.4. The summed E-state index contributed by atoms with van der Waals surface area (Å²) >= 11 is 0. The zero-order chi connectivity index (χ0) is 60.3. The minimum atomic E-state index is -0.969. The zero-order valence-corrected chi connectivity index (χ0v) is 53.4. The van der Waals surface area contributed by atoms with Gasteiger partial charge in [-0.1, -0.05) is 97.1 Å². The van der Waals surface area contributed by atoms with Crippen LogP contribution in [-0.4, -0.2) is 93.4 Å². The molecule has 11 aliphatic rings. The van der Waals surface area contributed by atoms with E-state index >= 15 is 9.59 Å². The fraction of sp³-hybridized carbons (Fsp3) is 0.757. The number of carbonyl (C=O) groups is 2. The van der Waals surface area contributed by atoms with Crippen molar-refractivity contribution in [1.29, 1.82) is 0 Å². The lowest BCUT2D eigenvalue weighted by atomic mass is 9.29. The molecule has 5 saturated carbocycles. The summed E-state index contributed by atoms with van der Waals surface area (Å²) in [5.74, 6) is 1.41. The van der Waals surface area contributed by atoms with Crippen molar-refractivity contribution in [3.8, 4) is 5.75 Å². The molecule has 21 unspecified atom stereocenters. The molecule has 2 aromatic carbocycles. The molecule has 7 fully saturated rings. The zero-order valence-electron chi connectivity index (χ0n) is 53.4. The van der Waals surface area contributed by atoms with Gasteiger partial charge >= 0.3 is 0 Å². The first-order valence-corrected chi connectivity index (χ1v) is 34.3. The SMILES string of the molecule is CNCc1cc(O)cc(C2C(=O)C34CC=CC2C2(C)C3C(CC35C(CO)C(CCC(C)C)CC6CCC(CO)CC6C(CC(O)C6OC6(C)C6CCCC6c6cc(N)cc(CC(C)C)c6)C6=C(CCC23)C5(C)CC6=O)NCC(C)(O)CCCC4)c1. The van der Waals surface area contributed by atoms with E-state index in [1.54, 1.807) is 0 Å². The van der Waals surface area contributed by atoms with Gasteiger partial charge in [0.2, 0.25) is 0 Å². The molecular formula is C74H109N3O8. The van der Waals surface area contributed by atoms with E-state index in [1.165, 1.54) is 16.7 Å². The molecule has 2 aromatic rings. The Bertz CT molecular complexity index is 2900. The molecule has 2 aliphatic heterocycles. The van der Waals surface area contributed by atoms with E-state index in [-0.39, 0.29) is 108 Å². The second-order valence-corrected chi connectivity index (χ2v) is 32.2. The topological polar surface area (TPSA) is 198 Å². The molecule has 6 bridgehead atoms. The van der Waals surface area contributed by atoms with Crippen LogP contribution in [0.2, 0.25) is 0 Å². The normalized spacial score (nSPS) is 43.6. The van der Waals surface area contributed by atoms with Crippen LogP contribution in [0.1, 0.15) is 211 Å². The van der Waals surface area contributed by atoms with E-state index < -0.39 is 44.9 Å². The number of rotatable bonds is 15. The molecule has 0 amide bonds. The maximum Gasteiger partial charge on any atom is 0.160 e. The summed E-state index contributed by atoms with van der Waals surface area (Å²) in [6.07, 6.45) is 19.9. The molecule has 0 aromatic heterocycles. The van der Waals surface area contributed by atoms with Gasteiger partial charge in [0.15, 0.2) is 5.78 Å². The van der Waals surface area contributed by atoms with E-state index in [4.69, 9.17) is 10.5 Å². The molecule has 11 nitrogen and oxygen atoms in total. The molecule has 85 heavy (non-hydrogen) atoms. The van der Waals surface area contributed by atoms with Crippen LogP contribution in [0.25, 0.3) is 0 Å². The predicted molar refractivity (Wildman–Crippen MR) is 336 cm³/mol. The third kappa shape index (κ3) is 10.2. The number of hydrogen-bond acceptors (Lipinski definition) is 11. The van der Waals surface area contributed by atoms with Crippen LogP contribution in [0.4, 0.5) is 5.69 Å². The van der Waals surface area contributed by atoms with Crippen LogP contribution in [0.3, 0.4) is 0 Å². The van der Waals surface area contributed by atoms with Gasteiger partial charge in [0, 0.05) is 55.3 Å². The van der Waals surface area contributed by atoms with E-state index in [1.807, 2.05) is 26.1 Å². The molecule has 21 atom stereocenters. The Balaban J connectivity index is 1.02. The number of nitrogen functional groups attached to an aromatic ring is 1. The summed E-state index contributed by atoms with van der Waals surface area (Å²) in [4.78, 5) is 32.8. The maximum absolute atomic E-state index is 16.5. The molecule has 11 heteroatoms. The van der Waals surface area contributed by atoms with Crippen LogP contribution in [0, 0.1) is 92.7 Å². The fourth-order valence-corrected chi connectivity index (χ4v) is 23.2. The number of Topliss-reactive ketones (excluding diaryl/α,β-unsaturated/α-hetero) is 2. The molecule has 468 valence electrons. The van der Waals surface area contributed by atoms with Gasteiger partial charge in [-0.25, -0.2) is 0 Å². The third-order valence-corrected chi connectivity index (χ3v) is 26.4. The van der Waals surface area contributed by atoms with Crippen molar-refractivity contribution in [3.63, 3.8) is 0 Å². The number of benzene rings is 2. The number of anilines is 1. The lowest BCUT2D eigenvalue weighted by Crippen LogP contribution is -2.75. The summed E-state index contributed by atoms with van der Waals surface area (Å²) < 4.78 is 6.96. The number of aliphatic hydroxyl groups excluding tert-OH is 3. The number of aromatic hydroxyl groups is 1. The Labute approximate surface area is 510 Å². The van der Waals surface area contributed by atoms with Crippen LogP contribution in [0.15, 0.2) is 59.7 Å². The number of allylic oxidation sites excluding steroid dienone is 4. The summed E-state index contributed by atoms with van der Waals surface area (Å²) in [5.41, 5.74) is 10.0. The number of ether oxygens (including phenoxy) is 1. The van der Waals surface area contributed by atoms with Gasteiger partial charge in [-0.3, -0.25) is 9.59 Å². The van der Waals surface area contributed by atoms with Crippen molar-refractivity contribution in [2.75, 3.05) is 32.5 Å². The number of ketones is 2. The Morgan fingerprint density at radius 2 is 1.65 bits per heavy atom. The van der Waals surface area contributed by atoms with Crippen molar-refractivity contribution < 1.29 is 39.9 Å². The van der Waals surface area contributed by atoms with E-state index in [0.29, 0.717) is 63.5 Å². The van der Waals surface area contributed by atoms with Crippen molar-refractivity contribution >= 4 is 17.3 Å². The number of β-amino-alcohol motifs (C(OH)–C–C–N with tert-alkyl or cyclic N) is 1. The number of phenols is 1. The minimum Gasteiger partial charge on any atom is -0.508 e. The van der Waals surface area contributed by atoms with Crippen molar-refractivity contribution in [1.82, 2.24) is 10.6 Å². The second kappa shape index (κ2) is 23.1. The minimum absolute atomic E-state index is 0.00203. The monoisotopic (exact) mass is 1170 g/mol. The highest BCUT2D eigenvalue weighted by Crippen LogP contribution is 2.80. The summed E-state index contributed by atoms with van der Waals surface area (Å²) in [7, 11) is 1.91. The second-order valence-electron chi connectivity index (χ2n) is 32.2. The molecule has 9 aliphatic carbocycles. The smallest absolute Gasteiger partial charge is 0.160 e. The number of carbonyl (C=O) groups excluding carboxylic acids is 2. The van der Waals surface area contributed by atoms with Gasteiger partial charge in [0.25, 0.3) is 0 Å². The van der Waals surface area contributed by atoms with Crippen LogP contribution in [0.5, 0.6) is 5.75 Å². The lowest BCUT2D eigenvalue weighted by molar-refractivity contribution is -0.243. The van der Waals surface area contributed by atoms with Crippen LogP contribution >= 0.6 is 0 Å². The van der Waals surface area contributed by atoms with Gasteiger partial charge in [0.1, 0.15) is 17.6 Å². The van der Waals surface area contributed by atoms with Gasteiger partial charge in [-0.2, -0.15) is 0 Å². The Hall–Kier alpha value is -3.42. The highest BCUT2D eigenvalue weighted by Gasteiger charge is 2.78. The molecular weight excluding hydrogens is 1060 g/mol. The van der Waals surface area contributed by atoms with Crippen molar-refractivity contribution in [2.24, 2.45) is 92.7 Å². The fourth-order valence-electron chi connectivity index (χ4n) is 23.2. The van der Waals surface area contributed by atoms with E-state index in [2.05, 4.69) is 95.5 Å².